The van der Waals surface area contributed by atoms with Crippen molar-refractivity contribution in [3.8, 4) is 0 Å². The standard InChI is InChI=1S/C22H27F2N3O4S/c1-15(2)25-22(29)16(3)26(13-17-7-5-6-8-20(17)24)21(28)14-27(32(4,30)31)19-11-9-18(23)10-12-19/h5-12,15-16H,13-14H2,1-4H3,(H,25,29). The van der Waals surface area contributed by atoms with Gasteiger partial charge in [0.15, 0.2) is 0 Å². The maximum Gasteiger partial charge on any atom is 0.244 e. The summed E-state index contributed by atoms with van der Waals surface area (Å²) in [5.41, 5.74) is 0.269. The molecule has 0 heterocycles. The molecular weight excluding hydrogens is 440 g/mol. The van der Waals surface area contributed by atoms with Crippen LogP contribution in [0.4, 0.5) is 14.5 Å². The molecule has 0 aliphatic rings. The van der Waals surface area contributed by atoms with Crippen molar-refractivity contribution in [2.45, 2.75) is 39.4 Å². The van der Waals surface area contributed by atoms with Crippen molar-refractivity contribution in [1.29, 1.82) is 0 Å². The van der Waals surface area contributed by atoms with Crippen molar-refractivity contribution >= 4 is 27.5 Å². The molecule has 174 valence electrons. The highest BCUT2D eigenvalue weighted by molar-refractivity contribution is 7.92. The molecule has 0 bridgehead atoms. The molecule has 2 aromatic rings. The third-order valence-electron chi connectivity index (χ3n) is 4.69. The molecule has 1 unspecified atom stereocenters. The van der Waals surface area contributed by atoms with Gasteiger partial charge in [-0.1, -0.05) is 18.2 Å². The quantitative estimate of drug-likeness (QED) is 0.614. The van der Waals surface area contributed by atoms with E-state index in [0.29, 0.717) is 0 Å². The number of rotatable bonds is 9. The lowest BCUT2D eigenvalue weighted by atomic mass is 10.1. The van der Waals surface area contributed by atoms with E-state index in [1.54, 1.807) is 19.9 Å². The molecule has 0 radical (unpaired) electrons. The molecule has 32 heavy (non-hydrogen) atoms. The van der Waals surface area contributed by atoms with E-state index in [4.69, 9.17) is 0 Å². The summed E-state index contributed by atoms with van der Waals surface area (Å²) in [7, 11) is -3.92. The van der Waals surface area contributed by atoms with Crippen molar-refractivity contribution < 1.29 is 26.8 Å². The van der Waals surface area contributed by atoms with Gasteiger partial charge in [0.25, 0.3) is 0 Å². The molecule has 10 heteroatoms. The molecule has 0 aromatic heterocycles. The Labute approximate surface area is 187 Å². The lowest BCUT2D eigenvalue weighted by Gasteiger charge is -2.32. The minimum absolute atomic E-state index is 0.0902. The lowest BCUT2D eigenvalue weighted by Crippen LogP contribution is -2.52. The maximum atomic E-state index is 14.3. The van der Waals surface area contributed by atoms with Crippen molar-refractivity contribution in [3.05, 3.63) is 65.7 Å². The van der Waals surface area contributed by atoms with Crippen LogP contribution in [0.15, 0.2) is 48.5 Å². The zero-order valence-corrected chi connectivity index (χ0v) is 19.2. The number of benzene rings is 2. The van der Waals surface area contributed by atoms with Gasteiger partial charge in [-0.25, -0.2) is 17.2 Å². The van der Waals surface area contributed by atoms with Crippen LogP contribution in [0.5, 0.6) is 0 Å². The number of carbonyl (C=O) groups excluding carboxylic acids is 2. The third-order valence-corrected chi connectivity index (χ3v) is 5.83. The summed E-state index contributed by atoms with van der Waals surface area (Å²) in [5.74, 6) is -2.29. The number of sulfonamides is 1. The van der Waals surface area contributed by atoms with Crippen LogP contribution >= 0.6 is 0 Å². The first-order valence-electron chi connectivity index (χ1n) is 9.96. The largest absolute Gasteiger partial charge is 0.352 e. The van der Waals surface area contributed by atoms with E-state index in [1.165, 1.54) is 37.3 Å². The van der Waals surface area contributed by atoms with Crippen LogP contribution in [0.25, 0.3) is 0 Å². The first-order chi connectivity index (χ1) is 14.9. The number of halogens is 2. The number of hydrogen-bond acceptors (Lipinski definition) is 4. The maximum absolute atomic E-state index is 14.3. The summed E-state index contributed by atoms with van der Waals surface area (Å²) in [6, 6.07) is 9.25. The molecule has 0 fully saturated rings. The van der Waals surface area contributed by atoms with Gasteiger partial charge < -0.3 is 10.2 Å². The van der Waals surface area contributed by atoms with Gasteiger partial charge in [0, 0.05) is 18.2 Å². The number of nitrogens with zero attached hydrogens (tertiary/aromatic N) is 2. The van der Waals surface area contributed by atoms with Crippen molar-refractivity contribution in [2.75, 3.05) is 17.1 Å². The van der Waals surface area contributed by atoms with Crippen LogP contribution in [0.2, 0.25) is 0 Å². The molecule has 2 aromatic carbocycles. The number of carbonyl (C=O) groups is 2. The normalized spacial score (nSPS) is 12.3. The Morgan fingerprint density at radius 1 is 1.00 bits per heavy atom. The molecule has 2 rings (SSSR count). The number of nitrogens with one attached hydrogen (secondary N) is 1. The summed E-state index contributed by atoms with van der Waals surface area (Å²) >= 11 is 0. The summed E-state index contributed by atoms with van der Waals surface area (Å²) in [6.07, 6.45) is 0.916. The highest BCUT2D eigenvalue weighted by Gasteiger charge is 2.30. The second-order valence-corrected chi connectivity index (χ2v) is 9.61. The van der Waals surface area contributed by atoms with Gasteiger partial charge in [-0.15, -0.1) is 0 Å². The van der Waals surface area contributed by atoms with Gasteiger partial charge >= 0.3 is 0 Å². The van der Waals surface area contributed by atoms with E-state index in [1.807, 2.05) is 0 Å². The molecule has 0 aliphatic heterocycles. The minimum Gasteiger partial charge on any atom is -0.352 e. The van der Waals surface area contributed by atoms with E-state index in [-0.39, 0.29) is 23.8 Å². The zero-order valence-electron chi connectivity index (χ0n) is 18.4. The second kappa shape index (κ2) is 10.5. The van der Waals surface area contributed by atoms with E-state index in [9.17, 15) is 26.8 Å². The highest BCUT2D eigenvalue weighted by Crippen LogP contribution is 2.20. The average molecular weight is 468 g/mol. The molecule has 1 N–H and O–H groups in total. The van der Waals surface area contributed by atoms with Gasteiger partial charge in [-0.2, -0.15) is 0 Å². The summed E-state index contributed by atoms with van der Waals surface area (Å²) in [6.45, 7) is 4.12. The summed E-state index contributed by atoms with van der Waals surface area (Å²) in [5, 5.41) is 2.70. The van der Waals surface area contributed by atoms with Crippen LogP contribution in [0.1, 0.15) is 26.3 Å². The number of amides is 2. The SMILES string of the molecule is CC(C)NC(=O)C(C)N(Cc1ccccc1F)C(=O)CN(c1ccc(F)cc1)S(C)(=O)=O. The Hall–Kier alpha value is -3.01. The van der Waals surface area contributed by atoms with Crippen LogP contribution in [0.3, 0.4) is 0 Å². The van der Waals surface area contributed by atoms with Crippen molar-refractivity contribution in [3.63, 3.8) is 0 Å². The molecule has 0 spiro atoms. The van der Waals surface area contributed by atoms with Crippen molar-refractivity contribution in [1.82, 2.24) is 10.2 Å². The van der Waals surface area contributed by atoms with Crippen LogP contribution in [-0.4, -0.2) is 50.0 Å². The minimum atomic E-state index is -3.92. The van der Waals surface area contributed by atoms with Crippen molar-refractivity contribution in [2.24, 2.45) is 0 Å². The Morgan fingerprint density at radius 3 is 2.12 bits per heavy atom. The lowest BCUT2D eigenvalue weighted by molar-refractivity contribution is -0.139. The monoisotopic (exact) mass is 467 g/mol. The van der Waals surface area contributed by atoms with Gasteiger partial charge in [-0.05, 0) is 51.1 Å². The number of hydrogen-bond donors (Lipinski definition) is 1. The Bertz CT molecular complexity index is 1060. The Morgan fingerprint density at radius 2 is 1.59 bits per heavy atom. The number of anilines is 1. The fraction of sp³-hybridized carbons (Fsp3) is 0.364. The van der Waals surface area contributed by atoms with Gasteiger partial charge in [0.1, 0.15) is 24.2 Å². The topological polar surface area (TPSA) is 86.8 Å². The van der Waals surface area contributed by atoms with E-state index in [0.717, 1.165) is 27.6 Å². The highest BCUT2D eigenvalue weighted by atomic mass is 32.2. The van der Waals surface area contributed by atoms with Crippen LogP contribution in [-0.2, 0) is 26.2 Å². The fourth-order valence-corrected chi connectivity index (χ4v) is 3.87. The van der Waals surface area contributed by atoms with Gasteiger partial charge in [0.05, 0.1) is 11.9 Å². The summed E-state index contributed by atoms with van der Waals surface area (Å²) in [4.78, 5) is 26.9. The predicted molar refractivity (Wildman–Crippen MR) is 118 cm³/mol. The fourth-order valence-electron chi connectivity index (χ4n) is 3.02. The van der Waals surface area contributed by atoms with E-state index < -0.39 is 46.1 Å². The van der Waals surface area contributed by atoms with Crippen LogP contribution < -0.4 is 9.62 Å². The summed E-state index contributed by atoms with van der Waals surface area (Å²) < 4.78 is 53.1. The molecule has 0 saturated carbocycles. The molecule has 7 nitrogen and oxygen atoms in total. The third kappa shape index (κ3) is 6.74. The molecule has 0 saturated heterocycles. The Kier molecular flexibility index (Phi) is 8.31. The molecular formula is C22H27F2N3O4S. The smallest absolute Gasteiger partial charge is 0.244 e. The average Bonchev–Trinajstić information content (AvgIpc) is 2.70. The molecule has 0 aliphatic carbocycles. The van der Waals surface area contributed by atoms with Crippen LogP contribution in [0, 0.1) is 11.6 Å². The van der Waals surface area contributed by atoms with Gasteiger partial charge in [-0.3, -0.25) is 13.9 Å². The molecule has 1 atom stereocenters. The zero-order chi connectivity index (χ0) is 24.1. The first-order valence-corrected chi connectivity index (χ1v) is 11.8. The molecule has 2 amide bonds. The van der Waals surface area contributed by atoms with Gasteiger partial charge in [0.2, 0.25) is 21.8 Å². The predicted octanol–water partition coefficient (Wildman–Crippen LogP) is 2.67. The first kappa shape index (κ1) is 25.3. The van der Waals surface area contributed by atoms with E-state index >= 15 is 0 Å². The Balaban J connectivity index is 2.39. The second-order valence-electron chi connectivity index (χ2n) is 7.70. The van der Waals surface area contributed by atoms with E-state index in [2.05, 4.69) is 5.32 Å².